The molecule has 0 heterocycles. The summed E-state index contributed by atoms with van der Waals surface area (Å²) in [5, 5.41) is 8.61. The molecule has 1 fully saturated rings. The molecule has 0 radical (unpaired) electrons. The molecule has 0 unspecified atom stereocenters. The molecule has 0 bridgehead atoms. The van der Waals surface area contributed by atoms with Crippen LogP contribution in [0.15, 0.2) is 4.99 Å². The summed E-state index contributed by atoms with van der Waals surface area (Å²) in [6.45, 7) is 3.87. The van der Waals surface area contributed by atoms with Gasteiger partial charge in [-0.05, 0) is 31.6 Å². The molecule has 4 nitrogen and oxygen atoms in total. The molecule has 0 aromatic rings. The van der Waals surface area contributed by atoms with Crippen molar-refractivity contribution in [2.45, 2.75) is 52.0 Å². The first-order valence-electron chi connectivity index (χ1n) is 5.64. The van der Waals surface area contributed by atoms with Crippen molar-refractivity contribution >= 4 is 11.6 Å². The van der Waals surface area contributed by atoms with Gasteiger partial charge in [0.1, 0.15) is 6.04 Å². The molecule has 1 aliphatic rings. The quantitative estimate of drug-likeness (QED) is 0.554. The molecule has 4 heteroatoms. The van der Waals surface area contributed by atoms with Gasteiger partial charge >= 0.3 is 0 Å². The van der Waals surface area contributed by atoms with Crippen LogP contribution in [0.2, 0.25) is 0 Å². The Labute approximate surface area is 90.7 Å². The number of carbonyl (C=O) groups is 1. The van der Waals surface area contributed by atoms with Crippen LogP contribution < -0.4 is 5.48 Å². The highest BCUT2D eigenvalue weighted by molar-refractivity contribution is 5.89. The summed E-state index contributed by atoms with van der Waals surface area (Å²) in [5.74, 6) is -0.283. The summed E-state index contributed by atoms with van der Waals surface area (Å²) < 4.78 is 0. The van der Waals surface area contributed by atoms with Gasteiger partial charge in [0.05, 0.1) is 0 Å². The summed E-state index contributed by atoms with van der Waals surface area (Å²) in [6, 6.07) is -0.442. The normalized spacial score (nSPS) is 18.8. The second-order valence-electron chi connectivity index (χ2n) is 4.42. The maximum Gasteiger partial charge on any atom is 0.268 e. The Morgan fingerprint density at radius 1 is 1.33 bits per heavy atom. The summed E-state index contributed by atoms with van der Waals surface area (Å²) in [5.41, 5.74) is 2.82. The number of aliphatic imine (C=N–C) groups is 1. The number of nitrogens with zero attached hydrogens (tertiary/aromatic N) is 1. The molecule has 0 aromatic carbocycles. The van der Waals surface area contributed by atoms with E-state index in [1.807, 2.05) is 13.8 Å². The van der Waals surface area contributed by atoms with Gasteiger partial charge in [0, 0.05) is 5.71 Å². The van der Waals surface area contributed by atoms with Gasteiger partial charge in [0.2, 0.25) is 0 Å². The molecule has 1 saturated carbocycles. The lowest BCUT2D eigenvalue weighted by Gasteiger charge is -2.19. The minimum absolute atomic E-state index is 0.117. The predicted molar refractivity (Wildman–Crippen MR) is 59.1 cm³/mol. The van der Waals surface area contributed by atoms with Crippen molar-refractivity contribution in [3.8, 4) is 0 Å². The summed E-state index contributed by atoms with van der Waals surface area (Å²) >= 11 is 0. The van der Waals surface area contributed by atoms with Crippen molar-refractivity contribution in [1.29, 1.82) is 0 Å². The van der Waals surface area contributed by atoms with Crippen LogP contribution in [0.4, 0.5) is 0 Å². The number of nitrogens with one attached hydrogen (secondary N) is 1. The maximum atomic E-state index is 11.4. The number of hydroxylamine groups is 1. The monoisotopic (exact) mass is 212 g/mol. The van der Waals surface area contributed by atoms with Gasteiger partial charge in [-0.1, -0.05) is 20.3 Å². The maximum absolute atomic E-state index is 11.4. The first-order chi connectivity index (χ1) is 7.15. The lowest BCUT2D eigenvalue weighted by atomic mass is 9.97. The van der Waals surface area contributed by atoms with Crippen LogP contribution in [0.25, 0.3) is 0 Å². The largest absolute Gasteiger partial charge is 0.289 e. The van der Waals surface area contributed by atoms with E-state index in [1.165, 1.54) is 19.3 Å². The highest BCUT2D eigenvalue weighted by Gasteiger charge is 2.21. The first-order valence-corrected chi connectivity index (χ1v) is 5.64. The summed E-state index contributed by atoms with van der Waals surface area (Å²) in [7, 11) is 0. The third-order valence-corrected chi connectivity index (χ3v) is 2.76. The van der Waals surface area contributed by atoms with Gasteiger partial charge < -0.3 is 0 Å². The number of hydrogen-bond acceptors (Lipinski definition) is 3. The standard InChI is InChI=1S/C11H20N2O2/c1-8(2)10(11(14)13-15)12-9-6-4-3-5-7-9/h8,10,15H,3-7H2,1-2H3,(H,13,14)/t10-/m0/s1. The third kappa shape index (κ3) is 3.63. The van der Waals surface area contributed by atoms with Gasteiger partial charge in [-0.25, -0.2) is 5.48 Å². The van der Waals surface area contributed by atoms with Crippen LogP contribution in [0.5, 0.6) is 0 Å². The van der Waals surface area contributed by atoms with Crippen LogP contribution in [0, 0.1) is 5.92 Å². The fraction of sp³-hybridized carbons (Fsp3) is 0.818. The van der Waals surface area contributed by atoms with Crippen LogP contribution in [0.1, 0.15) is 46.0 Å². The molecule has 86 valence electrons. The van der Waals surface area contributed by atoms with Gasteiger partial charge in [0.25, 0.3) is 5.91 Å². The average Bonchev–Trinajstić information content (AvgIpc) is 2.26. The lowest BCUT2D eigenvalue weighted by Crippen LogP contribution is -2.35. The molecule has 1 atom stereocenters. The second kappa shape index (κ2) is 5.85. The number of rotatable bonds is 3. The summed E-state index contributed by atoms with van der Waals surface area (Å²) in [6.07, 6.45) is 5.61. The van der Waals surface area contributed by atoms with Crippen molar-refractivity contribution in [3.05, 3.63) is 0 Å². The first kappa shape index (κ1) is 12.2. The molecular weight excluding hydrogens is 192 g/mol. The highest BCUT2D eigenvalue weighted by Crippen LogP contribution is 2.17. The Kier molecular flexibility index (Phi) is 4.75. The Morgan fingerprint density at radius 2 is 1.93 bits per heavy atom. The van der Waals surface area contributed by atoms with E-state index in [-0.39, 0.29) is 5.92 Å². The molecule has 1 amide bonds. The summed E-state index contributed by atoms with van der Waals surface area (Å²) in [4.78, 5) is 15.8. The Morgan fingerprint density at radius 3 is 2.40 bits per heavy atom. The number of amides is 1. The van der Waals surface area contributed by atoms with Crippen molar-refractivity contribution in [3.63, 3.8) is 0 Å². The smallest absolute Gasteiger partial charge is 0.268 e. The van der Waals surface area contributed by atoms with Crippen molar-refractivity contribution in [2.75, 3.05) is 0 Å². The fourth-order valence-corrected chi connectivity index (χ4v) is 1.86. The third-order valence-electron chi connectivity index (χ3n) is 2.76. The van der Waals surface area contributed by atoms with E-state index >= 15 is 0 Å². The van der Waals surface area contributed by atoms with E-state index in [9.17, 15) is 4.79 Å². The zero-order valence-corrected chi connectivity index (χ0v) is 9.49. The van der Waals surface area contributed by atoms with Crippen molar-refractivity contribution in [2.24, 2.45) is 10.9 Å². The van der Waals surface area contributed by atoms with Gasteiger partial charge in [-0.15, -0.1) is 0 Å². The van der Waals surface area contributed by atoms with Crippen molar-refractivity contribution < 1.29 is 10.0 Å². The fourth-order valence-electron chi connectivity index (χ4n) is 1.86. The van der Waals surface area contributed by atoms with E-state index in [0.717, 1.165) is 18.6 Å². The molecule has 2 N–H and O–H groups in total. The van der Waals surface area contributed by atoms with Crippen LogP contribution in [-0.4, -0.2) is 22.9 Å². The Hall–Kier alpha value is -0.900. The molecular formula is C11H20N2O2. The van der Waals surface area contributed by atoms with Crippen LogP contribution in [-0.2, 0) is 4.79 Å². The van der Waals surface area contributed by atoms with E-state index in [0.29, 0.717) is 0 Å². The molecule has 15 heavy (non-hydrogen) atoms. The van der Waals surface area contributed by atoms with E-state index < -0.39 is 11.9 Å². The Balaban J connectivity index is 2.67. The molecule has 0 saturated heterocycles. The van der Waals surface area contributed by atoms with E-state index in [2.05, 4.69) is 4.99 Å². The zero-order chi connectivity index (χ0) is 11.3. The molecule has 0 spiro atoms. The molecule has 0 aromatic heterocycles. The molecule has 1 rings (SSSR count). The van der Waals surface area contributed by atoms with Gasteiger partial charge in [0.15, 0.2) is 0 Å². The minimum Gasteiger partial charge on any atom is -0.289 e. The number of hydrogen-bond donors (Lipinski definition) is 2. The lowest BCUT2D eigenvalue weighted by molar-refractivity contribution is -0.131. The average molecular weight is 212 g/mol. The zero-order valence-electron chi connectivity index (χ0n) is 9.49. The second-order valence-corrected chi connectivity index (χ2v) is 4.42. The number of carbonyl (C=O) groups excluding carboxylic acids is 1. The van der Waals surface area contributed by atoms with Gasteiger partial charge in [-0.2, -0.15) is 0 Å². The van der Waals surface area contributed by atoms with E-state index in [1.54, 1.807) is 5.48 Å². The SMILES string of the molecule is CC(C)[C@H](N=C1CCCCC1)C(=O)NO. The highest BCUT2D eigenvalue weighted by atomic mass is 16.5. The Bertz CT molecular complexity index is 241. The van der Waals surface area contributed by atoms with Crippen molar-refractivity contribution in [1.82, 2.24) is 5.48 Å². The predicted octanol–water partition coefficient (Wildman–Crippen LogP) is 1.92. The van der Waals surface area contributed by atoms with Gasteiger partial charge in [-0.3, -0.25) is 15.0 Å². The van der Waals surface area contributed by atoms with E-state index in [4.69, 9.17) is 5.21 Å². The minimum atomic E-state index is -0.442. The topological polar surface area (TPSA) is 61.7 Å². The molecule has 1 aliphatic carbocycles. The van der Waals surface area contributed by atoms with Crippen LogP contribution in [0.3, 0.4) is 0 Å². The molecule has 0 aliphatic heterocycles. The van der Waals surface area contributed by atoms with Crippen LogP contribution >= 0.6 is 0 Å².